The van der Waals surface area contributed by atoms with Crippen molar-refractivity contribution in [1.29, 1.82) is 0 Å². The zero-order valence-corrected chi connectivity index (χ0v) is 55.8. The number of imidazole rings is 1. The number of aromatic nitrogens is 3. The predicted octanol–water partition coefficient (Wildman–Crippen LogP) is 22.7. The fourth-order valence-corrected chi connectivity index (χ4v) is 14.3. The van der Waals surface area contributed by atoms with E-state index in [1.54, 1.807) is 28.3 Å². The molecule has 1 radical (unpaired) electrons. The summed E-state index contributed by atoms with van der Waals surface area (Å²) in [5.74, 6) is 1.02. The molecule has 0 saturated carbocycles. The summed E-state index contributed by atoms with van der Waals surface area (Å²) < 4.78 is 40.8. The quantitative estimate of drug-likeness (QED) is 0.149. The molecule has 5 nitrogen and oxygen atoms in total. The monoisotopic (exact) mass is 1330 g/mol. The van der Waals surface area contributed by atoms with Crippen molar-refractivity contribution in [3.8, 4) is 50.6 Å². The van der Waals surface area contributed by atoms with Crippen LogP contribution < -0.4 is 0 Å². The van der Waals surface area contributed by atoms with Gasteiger partial charge >= 0.3 is 0 Å². The van der Waals surface area contributed by atoms with Gasteiger partial charge in [0.1, 0.15) is 16.7 Å². The summed E-state index contributed by atoms with van der Waals surface area (Å²) in [6.45, 7) is 33.0. The van der Waals surface area contributed by atoms with Crippen LogP contribution in [0.25, 0.3) is 105 Å². The second-order valence-electron chi connectivity index (χ2n) is 29.1. The molecule has 0 aliphatic heterocycles. The molecular weight excluding hydrogens is 1240 g/mol. The number of nitrogens with zero attached hydrogens (tertiary/aromatic N) is 3. The van der Waals surface area contributed by atoms with Gasteiger partial charge in [0.05, 0.1) is 22.4 Å². The molecule has 0 spiro atoms. The number of aryl methyl sites for hydroxylation is 1. The Bertz CT molecular complexity index is 4690. The Hall–Kier alpha value is -7.37. The first-order valence-corrected chi connectivity index (χ1v) is 31.2. The first-order valence-electron chi connectivity index (χ1n) is 32.7. The Kier molecular flexibility index (Phi) is 14.0. The minimum absolute atomic E-state index is 0. The first-order chi connectivity index (χ1) is 42.0. The van der Waals surface area contributed by atoms with Crippen LogP contribution in [0.15, 0.2) is 161 Å². The summed E-state index contributed by atoms with van der Waals surface area (Å²) in [5, 5.41) is 3.08. The van der Waals surface area contributed by atoms with Crippen molar-refractivity contribution in [3.63, 3.8) is 0 Å². The standard InChI is InChI=1S/C44H35N2O2.C37H48N.Ir/c1-25(2)32-21-29(28-13-7-6-8-14-28)22-33(26(3)4)42(32)46-37-17-11-10-16-36(37)45-44(46)31-20-19-27(5)41-35-24-39-34(23-40(35)48-43(31)41)30-15-9-12-18-38(30)47-39;1-33(2,3)26-15-20-38-29(22-26)24-13-12-14-25(21-24)30-31-27(34(4,5)16-18-36(31,8)9)23-28-32(30)37(10,11)19-17-35(28,6)7;/h6-19,21-26H,1-5H3;12,14-15,20-23H,16-19H2,1-11H3;/q2*-1;/i5D3;;. The molecule has 0 N–H and O–H groups in total. The second-order valence-corrected chi connectivity index (χ2v) is 29.1. The van der Waals surface area contributed by atoms with E-state index in [2.05, 4.69) is 199 Å². The summed E-state index contributed by atoms with van der Waals surface area (Å²) in [6, 6.07) is 57.4. The van der Waals surface area contributed by atoms with Gasteiger partial charge in [-0.2, -0.15) is 0 Å². The molecule has 8 aromatic carbocycles. The minimum Gasteiger partial charge on any atom is -0.501 e. The van der Waals surface area contributed by atoms with Crippen LogP contribution in [0.2, 0.25) is 0 Å². The van der Waals surface area contributed by atoms with Crippen molar-refractivity contribution in [2.24, 2.45) is 0 Å². The zero-order chi connectivity index (χ0) is 63.1. The molecule has 0 saturated heterocycles. The molecule has 0 fully saturated rings. The molecular formula is C81H83IrN3O2-2. The maximum absolute atomic E-state index is 8.53. The van der Waals surface area contributed by atoms with Crippen LogP contribution in [-0.2, 0) is 47.2 Å². The fourth-order valence-electron chi connectivity index (χ4n) is 14.3. The van der Waals surface area contributed by atoms with Crippen LogP contribution in [0.5, 0.6) is 0 Å². The molecule has 87 heavy (non-hydrogen) atoms. The molecule has 4 heterocycles. The summed E-state index contributed by atoms with van der Waals surface area (Å²) in [5.41, 5.74) is 24.0. The predicted molar refractivity (Wildman–Crippen MR) is 361 cm³/mol. The maximum atomic E-state index is 8.53. The molecule has 0 amide bonds. The third-order valence-electron chi connectivity index (χ3n) is 19.5. The first kappa shape index (κ1) is 56.2. The van der Waals surface area contributed by atoms with Gasteiger partial charge < -0.3 is 18.4 Å². The van der Waals surface area contributed by atoms with E-state index in [0.717, 1.165) is 44.3 Å². The molecule has 2 aliphatic carbocycles. The number of fused-ring (bicyclic) bond motifs is 9. The Balaban J connectivity index is 0.000000180. The molecule has 0 bridgehead atoms. The molecule has 2 aliphatic rings. The van der Waals surface area contributed by atoms with Gasteiger partial charge in [0.2, 0.25) is 0 Å². The second kappa shape index (κ2) is 21.7. The molecule has 0 unspecified atom stereocenters. The van der Waals surface area contributed by atoms with Gasteiger partial charge in [-0.05, 0) is 174 Å². The van der Waals surface area contributed by atoms with Crippen LogP contribution >= 0.6 is 0 Å². The fraction of sp³-hybridized carbons (Fsp3) is 0.333. The Morgan fingerprint density at radius 1 is 0.586 bits per heavy atom. The normalized spacial score (nSPS) is 16.5. The van der Waals surface area contributed by atoms with Crippen molar-refractivity contribution in [1.82, 2.24) is 14.5 Å². The van der Waals surface area contributed by atoms with Crippen LogP contribution in [-0.4, -0.2) is 14.5 Å². The van der Waals surface area contributed by atoms with Gasteiger partial charge in [-0.15, -0.1) is 53.1 Å². The number of para-hydroxylation sites is 3. The average Bonchev–Trinajstić information content (AvgIpc) is 0.717. The Morgan fingerprint density at radius 2 is 1.20 bits per heavy atom. The van der Waals surface area contributed by atoms with Gasteiger partial charge in [-0.25, -0.2) is 0 Å². The number of hydrogen-bond acceptors (Lipinski definition) is 4. The minimum atomic E-state index is -2.41. The van der Waals surface area contributed by atoms with Crippen molar-refractivity contribution < 1.29 is 33.1 Å². The van der Waals surface area contributed by atoms with Crippen molar-refractivity contribution in [2.45, 2.75) is 175 Å². The van der Waals surface area contributed by atoms with E-state index in [9.17, 15) is 0 Å². The summed E-state index contributed by atoms with van der Waals surface area (Å²) in [6.07, 6.45) is 6.84. The average molecular weight is 1330 g/mol. The molecule has 6 heteroatoms. The van der Waals surface area contributed by atoms with E-state index in [4.69, 9.17) is 22.9 Å². The van der Waals surface area contributed by atoms with E-state index >= 15 is 0 Å². The third-order valence-corrected chi connectivity index (χ3v) is 19.5. The van der Waals surface area contributed by atoms with Crippen LogP contribution in [0.1, 0.15) is 190 Å². The smallest absolute Gasteiger partial charge is 0.136 e. The van der Waals surface area contributed by atoms with Gasteiger partial charge in [-0.1, -0.05) is 194 Å². The maximum Gasteiger partial charge on any atom is 0.136 e. The van der Waals surface area contributed by atoms with Gasteiger partial charge in [0.15, 0.2) is 0 Å². The largest absolute Gasteiger partial charge is 0.501 e. The number of benzene rings is 8. The Morgan fingerprint density at radius 3 is 1.85 bits per heavy atom. The van der Waals surface area contributed by atoms with Gasteiger partial charge in [0, 0.05) is 52.3 Å². The zero-order valence-electron chi connectivity index (χ0n) is 56.4. The topological polar surface area (TPSA) is 57.0 Å². The van der Waals surface area contributed by atoms with E-state index in [-0.39, 0.29) is 64.6 Å². The SMILES string of the molecule is CC(C)(C)c1ccnc(-c2[c-]ccc(-c3c4c(cc5c3C(C)(C)CCC5(C)C)C(C)(C)CCC4(C)C)c2)c1.[2H]C([2H])([2H])c1c[c-]c(-c2nc3ccccc3n2-c2c(C(C)C)cc(-c3ccccc3)cc2C(C)C)c2oc3cc4c(cc3c12)oc1ccccc14.[Ir]. The molecule has 12 aromatic rings. The van der Waals surface area contributed by atoms with Crippen LogP contribution in [0.3, 0.4) is 0 Å². The molecule has 14 rings (SSSR count). The molecule has 445 valence electrons. The van der Waals surface area contributed by atoms with Crippen molar-refractivity contribution >= 4 is 54.9 Å². The van der Waals surface area contributed by atoms with Crippen LogP contribution in [0.4, 0.5) is 0 Å². The van der Waals surface area contributed by atoms with Gasteiger partial charge in [-0.3, -0.25) is 4.98 Å². The van der Waals surface area contributed by atoms with E-state index in [1.165, 1.54) is 64.6 Å². The summed E-state index contributed by atoms with van der Waals surface area (Å²) in [4.78, 5) is 10.1. The summed E-state index contributed by atoms with van der Waals surface area (Å²) >= 11 is 0. The Labute approximate surface area is 533 Å². The number of hydrogen-bond donors (Lipinski definition) is 0. The number of rotatable bonds is 7. The third kappa shape index (κ3) is 10.3. The van der Waals surface area contributed by atoms with E-state index < -0.39 is 6.85 Å². The van der Waals surface area contributed by atoms with Crippen molar-refractivity contribution in [3.05, 3.63) is 208 Å². The van der Waals surface area contributed by atoms with Crippen molar-refractivity contribution in [2.75, 3.05) is 0 Å². The molecule has 4 aromatic heterocycles. The van der Waals surface area contributed by atoms with E-state index in [0.29, 0.717) is 38.9 Å². The summed E-state index contributed by atoms with van der Waals surface area (Å²) in [7, 11) is 0. The van der Waals surface area contributed by atoms with E-state index in [1.807, 2.05) is 66.9 Å². The number of furan rings is 2. The number of pyridine rings is 1. The van der Waals surface area contributed by atoms with Gasteiger partial charge in [0.25, 0.3) is 0 Å². The molecule has 0 atom stereocenters. The van der Waals surface area contributed by atoms with Crippen LogP contribution in [0, 0.1) is 19.0 Å².